The molecule has 0 aromatic heterocycles. The zero-order chi connectivity index (χ0) is 20.3. The molecule has 3 atom stereocenters. The maximum absolute atomic E-state index is 14.0. The molecule has 0 radical (unpaired) electrons. The molecule has 1 heterocycles. The van der Waals surface area contributed by atoms with E-state index in [1.54, 1.807) is 36.2 Å². The van der Waals surface area contributed by atoms with Gasteiger partial charge in [-0.25, -0.2) is 4.39 Å². The first-order chi connectivity index (χ1) is 13.4. The van der Waals surface area contributed by atoms with Crippen LogP contribution in [0.15, 0.2) is 29.2 Å². The number of nitrogens with one attached hydrogen (secondary N) is 1. The average molecular weight is 405 g/mol. The molecule has 2 amide bonds. The van der Waals surface area contributed by atoms with Crippen molar-refractivity contribution in [2.75, 3.05) is 13.6 Å². The molecule has 2 fully saturated rings. The van der Waals surface area contributed by atoms with Gasteiger partial charge in [-0.05, 0) is 43.7 Å². The second-order valence-corrected chi connectivity index (χ2v) is 9.43. The van der Waals surface area contributed by atoms with Crippen LogP contribution in [0.5, 0.6) is 0 Å². The van der Waals surface area contributed by atoms with E-state index < -0.39 is 0 Å². The van der Waals surface area contributed by atoms with Gasteiger partial charge in [-0.3, -0.25) is 9.59 Å². The summed E-state index contributed by atoms with van der Waals surface area (Å²) >= 11 is 1.54. The largest absolute Gasteiger partial charge is 0.356 e. The molecule has 0 spiro atoms. The zero-order valence-electron chi connectivity index (χ0n) is 16.8. The number of thioether (sulfide) groups is 1. The van der Waals surface area contributed by atoms with Gasteiger partial charge in [0.15, 0.2) is 0 Å². The van der Waals surface area contributed by atoms with E-state index in [0.29, 0.717) is 29.4 Å². The summed E-state index contributed by atoms with van der Waals surface area (Å²) in [6.07, 6.45) is 5.03. The molecule has 1 saturated heterocycles. The van der Waals surface area contributed by atoms with Crippen molar-refractivity contribution in [3.05, 3.63) is 40.6 Å². The minimum Gasteiger partial charge on any atom is -0.356 e. The Labute approximate surface area is 170 Å². The smallest absolute Gasteiger partial charge is 0.260 e. The second-order valence-electron chi connectivity index (χ2n) is 8.15. The molecule has 152 valence electrons. The Morgan fingerprint density at radius 2 is 2.11 bits per heavy atom. The molecule has 1 aliphatic carbocycles. The third-order valence-corrected chi connectivity index (χ3v) is 7.04. The van der Waals surface area contributed by atoms with Crippen LogP contribution in [0.4, 0.5) is 4.39 Å². The van der Waals surface area contributed by atoms with Gasteiger partial charge in [-0.2, -0.15) is 0 Å². The molecule has 1 N–H and O–H groups in total. The standard InChI is InChI=1S/C22H29FN2O2S/c1-14(2)10-11-24-21(26)16-8-9-19-18(12-16)25(3)22(27)20(28-19)13-15-6-4-5-7-17(15)23/h4-7,13-14,16,18-19H,8-12H2,1-3H3,(H,24,26)/b20-13-. The molecule has 3 unspecified atom stereocenters. The van der Waals surface area contributed by atoms with E-state index in [9.17, 15) is 14.0 Å². The fourth-order valence-corrected chi connectivity index (χ4v) is 5.37. The minimum atomic E-state index is -0.324. The Morgan fingerprint density at radius 3 is 2.82 bits per heavy atom. The van der Waals surface area contributed by atoms with E-state index in [1.807, 2.05) is 0 Å². The van der Waals surface area contributed by atoms with Crippen molar-refractivity contribution in [3.63, 3.8) is 0 Å². The van der Waals surface area contributed by atoms with Gasteiger partial charge in [0, 0.05) is 36.4 Å². The summed E-state index contributed by atoms with van der Waals surface area (Å²) in [6.45, 7) is 4.99. The van der Waals surface area contributed by atoms with Gasteiger partial charge in [-0.15, -0.1) is 11.8 Å². The van der Waals surface area contributed by atoms with Gasteiger partial charge >= 0.3 is 0 Å². The van der Waals surface area contributed by atoms with Crippen LogP contribution in [0.1, 0.15) is 45.1 Å². The molecule has 0 bridgehead atoms. The van der Waals surface area contributed by atoms with Crippen molar-refractivity contribution in [2.24, 2.45) is 11.8 Å². The maximum Gasteiger partial charge on any atom is 0.260 e. The number of rotatable bonds is 5. The van der Waals surface area contributed by atoms with Crippen LogP contribution in [0.3, 0.4) is 0 Å². The molecule has 1 aromatic rings. The van der Waals surface area contributed by atoms with Gasteiger partial charge in [-0.1, -0.05) is 32.0 Å². The van der Waals surface area contributed by atoms with Crippen LogP contribution in [-0.2, 0) is 9.59 Å². The van der Waals surface area contributed by atoms with Crippen LogP contribution in [0.25, 0.3) is 6.08 Å². The number of nitrogens with zero attached hydrogens (tertiary/aromatic N) is 1. The highest BCUT2D eigenvalue weighted by atomic mass is 32.2. The van der Waals surface area contributed by atoms with Crippen LogP contribution in [-0.4, -0.2) is 41.6 Å². The van der Waals surface area contributed by atoms with E-state index >= 15 is 0 Å². The Bertz CT molecular complexity index is 765. The number of benzene rings is 1. The van der Waals surface area contributed by atoms with Crippen molar-refractivity contribution in [3.8, 4) is 0 Å². The average Bonchev–Trinajstić information content (AvgIpc) is 2.67. The van der Waals surface area contributed by atoms with Gasteiger partial charge in [0.1, 0.15) is 5.82 Å². The summed E-state index contributed by atoms with van der Waals surface area (Å²) < 4.78 is 14.0. The van der Waals surface area contributed by atoms with Crippen molar-refractivity contribution >= 4 is 29.7 Å². The highest BCUT2D eigenvalue weighted by molar-refractivity contribution is 8.04. The number of halogens is 1. The number of amides is 2. The van der Waals surface area contributed by atoms with E-state index in [0.717, 1.165) is 19.3 Å². The first-order valence-electron chi connectivity index (χ1n) is 10.0. The fourth-order valence-electron chi connectivity index (χ4n) is 3.90. The number of fused-ring (bicyclic) bond motifs is 1. The third kappa shape index (κ3) is 4.77. The monoisotopic (exact) mass is 404 g/mol. The molecule has 4 nitrogen and oxygen atoms in total. The highest BCUT2D eigenvalue weighted by Gasteiger charge is 2.42. The van der Waals surface area contributed by atoms with Gasteiger partial charge in [0.2, 0.25) is 5.91 Å². The summed E-state index contributed by atoms with van der Waals surface area (Å²) in [6, 6.07) is 6.54. The van der Waals surface area contributed by atoms with Gasteiger partial charge < -0.3 is 10.2 Å². The van der Waals surface area contributed by atoms with E-state index in [4.69, 9.17) is 0 Å². The van der Waals surface area contributed by atoms with Crippen LogP contribution >= 0.6 is 11.8 Å². The van der Waals surface area contributed by atoms with E-state index in [1.165, 1.54) is 17.8 Å². The summed E-state index contributed by atoms with van der Waals surface area (Å²) in [5.74, 6) is 0.221. The number of carbonyl (C=O) groups is 2. The number of hydrogen-bond acceptors (Lipinski definition) is 3. The first kappa shape index (κ1) is 20.9. The summed E-state index contributed by atoms with van der Waals surface area (Å²) in [5, 5.41) is 3.30. The van der Waals surface area contributed by atoms with Crippen LogP contribution in [0, 0.1) is 17.7 Å². The lowest BCUT2D eigenvalue weighted by molar-refractivity contribution is -0.131. The van der Waals surface area contributed by atoms with Crippen molar-refractivity contribution in [1.29, 1.82) is 0 Å². The SMILES string of the molecule is CC(C)CCNC(=O)C1CCC2S/C(=C\c3ccccc3F)C(=O)N(C)C2C1. The quantitative estimate of drug-likeness (QED) is 0.753. The summed E-state index contributed by atoms with van der Waals surface area (Å²) in [5.41, 5.74) is 0.434. The summed E-state index contributed by atoms with van der Waals surface area (Å²) in [4.78, 5) is 27.7. The zero-order valence-corrected chi connectivity index (χ0v) is 17.6. The lowest BCUT2D eigenvalue weighted by Crippen LogP contribution is -2.52. The number of carbonyl (C=O) groups excluding carboxylic acids is 2. The first-order valence-corrected chi connectivity index (χ1v) is 10.9. The number of hydrogen-bond donors (Lipinski definition) is 1. The normalized spacial score (nSPS) is 26.5. The Balaban J connectivity index is 1.66. The molecule has 1 aromatic carbocycles. The van der Waals surface area contributed by atoms with Crippen LogP contribution in [0.2, 0.25) is 0 Å². The molecular formula is C22H29FN2O2S. The Hall–Kier alpha value is -1.82. The van der Waals surface area contributed by atoms with Crippen molar-refractivity contribution in [2.45, 2.75) is 50.8 Å². The van der Waals surface area contributed by atoms with Gasteiger partial charge in [0.25, 0.3) is 5.91 Å². The predicted molar refractivity (Wildman–Crippen MR) is 112 cm³/mol. The lowest BCUT2D eigenvalue weighted by atomic mass is 9.83. The second kappa shape index (κ2) is 9.12. The lowest BCUT2D eigenvalue weighted by Gasteiger charge is -2.44. The molecular weight excluding hydrogens is 375 g/mol. The molecule has 3 rings (SSSR count). The molecule has 2 aliphatic rings. The maximum atomic E-state index is 14.0. The Kier molecular flexibility index (Phi) is 6.81. The topological polar surface area (TPSA) is 49.4 Å². The molecule has 28 heavy (non-hydrogen) atoms. The van der Waals surface area contributed by atoms with E-state index in [-0.39, 0.29) is 34.8 Å². The fraction of sp³-hybridized carbons (Fsp3) is 0.545. The molecule has 6 heteroatoms. The summed E-state index contributed by atoms with van der Waals surface area (Å²) in [7, 11) is 1.80. The van der Waals surface area contributed by atoms with Crippen molar-refractivity contribution < 1.29 is 14.0 Å². The Morgan fingerprint density at radius 1 is 1.36 bits per heavy atom. The molecule has 1 aliphatic heterocycles. The molecule has 1 saturated carbocycles. The number of likely N-dealkylation sites (N-methyl/N-ethyl adjacent to an activating group) is 1. The van der Waals surface area contributed by atoms with Crippen molar-refractivity contribution in [1.82, 2.24) is 10.2 Å². The highest BCUT2D eigenvalue weighted by Crippen LogP contribution is 2.43. The van der Waals surface area contributed by atoms with Gasteiger partial charge in [0.05, 0.1) is 4.91 Å². The van der Waals surface area contributed by atoms with E-state index in [2.05, 4.69) is 19.2 Å². The minimum absolute atomic E-state index is 0.0404. The van der Waals surface area contributed by atoms with Crippen LogP contribution < -0.4 is 5.32 Å². The predicted octanol–water partition coefficient (Wildman–Crippen LogP) is 4.07. The third-order valence-electron chi connectivity index (χ3n) is 5.65.